The average Bonchev–Trinajstić information content (AvgIpc) is 2.58. The molecule has 0 aliphatic carbocycles. The summed E-state index contributed by atoms with van der Waals surface area (Å²) < 4.78 is 1.75. The first kappa shape index (κ1) is 7.85. The fraction of sp³-hybridized carbons (Fsp3) is 0.250. The first-order valence-electron chi connectivity index (χ1n) is 3.98. The molecule has 2 aromatic heterocycles. The van der Waals surface area contributed by atoms with Gasteiger partial charge in [-0.25, -0.2) is 0 Å². The largest absolute Gasteiger partial charge is 0.396 e. The number of H-pyrrole nitrogens is 1. The van der Waals surface area contributed by atoms with Gasteiger partial charge in [0.25, 0.3) is 0 Å². The van der Waals surface area contributed by atoms with E-state index in [0.717, 1.165) is 17.0 Å². The maximum absolute atomic E-state index is 5.71. The predicted octanol–water partition coefficient (Wildman–Crippen LogP) is 0.701. The zero-order valence-electron chi connectivity index (χ0n) is 7.57. The lowest BCUT2D eigenvalue weighted by Crippen LogP contribution is -1.91. The number of hydrogen-bond acceptors (Lipinski definition) is 3. The van der Waals surface area contributed by atoms with Gasteiger partial charge in [-0.1, -0.05) is 0 Å². The minimum atomic E-state index is 0.627. The summed E-state index contributed by atoms with van der Waals surface area (Å²) in [6, 6.07) is 0. The van der Waals surface area contributed by atoms with Crippen molar-refractivity contribution in [2.75, 3.05) is 5.73 Å². The minimum Gasteiger partial charge on any atom is -0.396 e. The molecule has 0 aliphatic heterocycles. The van der Waals surface area contributed by atoms with Gasteiger partial charge in [0.2, 0.25) is 0 Å². The van der Waals surface area contributed by atoms with E-state index in [-0.39, 0.29) is 0 Å². The molecule has 0 atom stereocenters. The van der Waals surface area contributed by atoms with Crippen molar-refractivity contribution in [2.45, 2.75) is 6.92 Å². The zero-order chi connectivity index (χ0) is 9.42. The number of aromatic nitrogens is 4. The number of hydrogen-bond donors (Lipinski definition) is 2. The maximum Gasteiger partial charge on any atom is 0.115 e. The standard InChI is InChI=1S/C8H11N5/c1-5-4-13(2)12-7(5)8-6(9)3-10-11-8/h3-4H,9H2,1-2H3,(H,10,11). The van der Waals surface area contributed by atoms with Crippen molar-refractivity contribution in [1.82, 2.24) is 20.0 Å². The van der Waals surface area contributed by atoms with Crippen molar-refractivity contribution in [1.29, 1.82) is 0 Å². The highest BCUT2D eigenvalue weighted by Gasteiger charge is 2.10. The van der Waals surface area contributed by atoms with E-state index in [4.69, 9.17) is 5.73 Å². The molecule has 0 aliphatic rings. The lowest BCUT2D eigenvalue weighted by atomic mass is 10.2. The second-order valence-corrected chi connectivity index (χ2v) is 3.03. The molecule has 5 heteroatoms. The SMILES string of the molecule is Cc1cn(C)nc1-c1[nH]ncc1N. The second-order valence-electron chi connectivity index (χ2n) is 3.03. The number of anilines is 1. The highest BCUT2D eigenvalue weighted by molar-refractivity contribution is 5.70. The topological polar surface area (TPSA) is 72.5 Å². The van der Waals surface area contributed by atoms with Crippen LogP contribution in [0.15, 0.2) is 12.4 Å². The lowest BCUT2D eigenvalue weighted by molar-refractivity contribution is 0.769. The third kappa shape index (κ3) is 1.18. The van der Waals surface area contributed by atoms with Crippen LogP contribution in [0.1, 0.15) is 5.56 Å². The summed E-state index contributed by atoms with van der Waals surface area (Å²) in [5, 5.41) is 11.0. The number of aromatic amines is 1. The van der Waals surface area contributed by atoms with E-state index in [1.807, 2.05) is 20.2 Å². The highest BCUT2D eigenvalue weighted by Crippen LogP contribution is 2.23. The van der Waals surface area contributed by atoms with Gasteiger partial charge in [0, 0.05) is 13.2 Å². The van der Waals surface area contributed by atoms with Crippen molar-refractivity contribution in [3.05, 3.63) is 18.0 Å². The summed E-state index contributed by atoms with van der Waals surface area (Å²) in [4.78, 5) is 0. The molecule has 0 aromatic carbocycles. The van der Waals surface area contributed by atoms with E-state index in [1.54, 1.807) is 10.9 Å². The monoisotopic (exact) mass is 177 g/mol. The Bertz CT molecular complexity index is 425. The Balaban J connectivity index is 2.58. The second kappa shape index (κ2) is 2.62. The number of nitrogens with one attached hydrogen (secondary N) is 1. The Morgan fingerprint density at radius 3 is 2.77 bits per heavy atom. The molecule has 0 saturated heterocycles. The van der Waals surface area contributed by atoms with Gasteiger partial charge in [0.05, 0.1) is 11.9 Å². The average molecular weight is 177 g/mol. The van der Waals surface area contributed by atoms with Gasteiger partial charge in [0.1, 0.15) is 11.4 Å². The third-order valence-corrected chi connectivity index (χ3v) is 1.92. The normalized spacial score (nSPS) is 10.6. The van der Waals surface area contributed by atoms with Gasteiger partial charge in [-0.2, -0.15) is 10.2 Å². The zero-order valence-corrected chi connectivity index (χ0v) is 7.57. The molecule has 2 rings (SSSR count). The van der Waals surface area contributed by atoms with Crippen molar-refractivity contribution >= 4 is 5.69 Å². The van der Waals surface area contributed by atoms with Crippen LogP contribution >= 0.6 is 0 Å². The Hall–Kier alpha value is -1.78. The quantitative estimate of drug-likeness (QED) is 0.673. The van der Waals surface area contributed by atoms with Crippen LogP contribution < -0.4 is 5.73 Å². The summed E-state index contributed by atoms with van der Waals surface area (Å²) in [6.07, 6.45) is 3.53. The molecular formula is C8H11N5. The molecule has 13 heavy (non-hydrogen) atoms. The van der Waals surface area contributed by atoms with Crippen LogP contribution in [0.25, 0.3) is 11.4 Å². The molecule has 3 N–H and O–H groups in total. The van der Waals surface area contributed by atoms with Crippen molar-refractivity contribution in [3.63, 3.8) is 0 Å². The van der Waals surface area contributed by atoms with E-state index in [9.17, 15) is 0 Å². The smallest absolute Gasteiger partial charge is 0.115 e. The summed E-state index contributed by atoms with van der Waals surface area (Å²) in [5.41, 5.74) is 9.06. The van der Waals surface area contributed by atoms with E-state index < -0.39 is 0 Å². The highest BCUT2D eigenvalue weighted by atomic mass is 15.3. The first-order valence-corrected chi connectivity index (χ1v) is 3.98. The predicted molar refractivity (Wildman–Crippen MR) is 49.9 cm³/mol. The van der Waals surface area contributed by atoms with E-state index in [0.29, 0.717) is 5.69 Å². The van der Waals surface area contributed by atoms with E-state index in [2.05, 4.69) is 15.3 Å². The van der Waals surface area contributed by atoms with Crippen LogP contribution in [0.5, 0.6) is 0 Å². The molecular weight excluding hydrogens is 166 g/mol. The van der Waals surface area contributed by atoms with Crippen molar-refractivity contribution in [3.8, 4) is 11.4 Å². The van der Waals surface area contributed by atoms with Crippen LogP contribution in [0.3, 0.4) is 0 Å². The molecule has 68 valence electrons. The maximum atomic E-state index is 5.71. The molecule has 5 nitrogen and oxygen atoms in total. The Kier molecular flexibility index (Phi) is 1.58. The first-order chi connectivity index (χ1) is 6.18. The molecule has 0 fully saturated rings. The summed E-state index contributed by atoms with van der Waals surface area (Å²) in [7, 11) is 1.88. The molecule has 0 spiro atoms. The third-order valence-electron chi connectivity index (χ3n) is 1.92. The fourth-order valence-electron chi connectivity index (χ4n) is 1.34. The number of nitrogens with zero attached hydrogens (tertiary/aromatic N) is 3. The Morgan fingerprint density at radius 2 is 2.31 bits per heavy atom. The van der Waals surface area contributed by atoms with Gasteiger partial charge in [-0.15, -0.1) is 0 Å². The summed E-state index contributed by atoms with van der Waals surface area (Å²) in [6.45, 7) is 1.99. The van der Waals surface area contributed by atoms with Gasteiger partial charge in [-0.3, -0.25) is 9.78 Å². The number of rotatable bonds is 1. The van der Waals surface area contributed by atoms with Gasteiger partial charge in [0.15, 0.2) is 0 Å². The number of nitrogen functional groups attached to an aromatic ring is 1. The molecule has 2 heterocycles. The minimum absolute atomic E-state index is 0.627. The molecule has 0 amide bonds. The van der Waals surface area contributed by atoms with E-state index >= 15 is 0 Å². The number of aryl methyl sites for hydroxylation is 2. The fourth-order valence-corrected chi connectivity index (χ4v) is 1.34. The molecule has 0 radical (unpaired) electrons. The van der Waals surface area contributed by atoms with Gasteiger partial charge in [-0.05, 0) is 12.5 Å². The molecule has 0 unspecified atom stereocenters. The molecule has 0 bridgehead atoms. The van der Waals surface area contributed by atoms with Gasteiger partial charge >= 0.3 is 0 Å². The van der Waals surface area contributed by atoms with Crippen molar-refractivity contribution in [2.24, 2.45) is 7.05 Å². The van der Waals surface area contributed by atoms with Crippen LogP contribution in [0.2, 0.25) is 0 Å². The van der Waals surface area contributed by atoms with E-state index in [1.165, 1.54) is 0 Å². The number of nitrogens with two attached hydrogens (primary N) is 1. The van der Waals surface area contributed by atoms with Crippen LogP contribution in [-0.2, 0) is 7.05 Å². The molecule has 2 aromatic rings. The summed E-state index contributed by atoms with van der Waals surface area (Å²) >= 11 is 0. The Morgan fingerprint density at radius 1 is 1.54 bits per heavy atom. The van der Waals surface area contributed by atoms with Gasteiger partial charge < -0.3 is 5.73 Å². The van der Waals surface area contributed by atoms with Crippen LogP contribution in [0, 0.1) is 6.92 Å². The summed E-state index contributed by atoms with van der Waals surface area (Å²) in [5.74, 6) is 0. The van der Waals surface area contributed by atoms with Crippen LogP contribution in [-0.4, -0.2) is 20.0 Å². The van der Waals surface area contributed by atoms with Crippen LogP contribution in [0.4, 0.5) is 5.69 Å². The van der Waals surface area contributed by atoms with Crippen molar-refractivity contribution < 1.29 is 0 Å². The lowest BCUT2D eigenvalue weighted by Gasteiger charge is -1.94. The Labute approximate surface area is 75.6 Å². The molecule has 0 saturated carbocycles.